The van der Waals surface area contributed by atoms with Crippen LogP contribution in [-0.2, 0) is 4.79 Å². The molecule has 0 aliphatic carbocycles. The lowest BCUT2D eigenvalue weighted by molar-refractivity contribution is -0.130. The maximum absolute atomic E-state index is 16.4. The van der Waals surface area contributed by atoms with Crippen LogP contribution in [0.25, 0.3) is 32.9 Å². The van der Waals surface area contributed by atoms with E-state index in [1.165, 1.54) is 37.6 Å². The zero-order chi connectivity index (χ0) is 29.9. The quantitative estimate of drug-likeness (QED) is 0.262. The average molecular weight is 570 g/mol. The Hall–Kier alpha value is -4.78. The Morgan fingerprint density at radius 2 is 1.83 bits per heavy atom. The SMILES string of the molecule is C#Cc1c(F)ccc2cc(O)cc(-c3ncc4c(N5CC6CCC(C5)N6C(=O)C(C)=C(C)C)nc(OC)nc4c3F)c12. The van der Waals surface area contributed by atoms with Crippen molar-refractivity contribution in [2.75, 3.05) is 25.1 Å². The van der Waals surface area contributed by atoms with Gasteiger partial charge in [-0.25, -0.2) is 8.78 Å². The molecule has 2 saturated heterocycles. The van der Waals surface area contributed by atoms with Gasteiger partial charge in [-0.15, -0.1) is 6.42 Å². The lowest BCUT2D eigenvalue weighted by Gasteiger charge is -2.42. The average Bonchev–Trinajstić information content (AvgIpc) is 3.24. The number of benzene rings is 2. The van der Waals surface area contributed by atoms with Crippen LogP contribution in [0, 0.1) is 24.0 Å². The minimum Gasteiger partial charge on any atom is -0.508 e. The summed E-state index contributed by atoms with van der Waals surface area (Å²) in [7, 11) is 1.40. The van der Waals surface area contributed by atoms with Crippen molar-refractivity contribution in [1.82, 2.24) is 19.9 Å². The fourth-order valence-corrected chi connectivity index (χ4v) is 6.11. The van der Waals surface area contributed by atoms with Crippen LogP contribution in [0.5, 0.6) is 11.8 Å². The van der Waals surface area contributed by atoms with Gasteiger partial charge in [0.15, 0.2) is 5.82 Å². The third kappa shape index (κ3) is 4.28. The van der Waals surface area contributed by atoms with Gasteiger partial charge in [0.1, 0.15) is 28.6 Å². The number of aromatic nitrogens is 3. The normalized spacial score (nSPS) is 17.9. The highest BCUT2D eigenvalue weighted by Crippen LogP contribution is 2.40. The topological polar surface area (TPSA) is 91.7 Å². The van der Waals surface area contributed by atoms with Crippen LogP contribution in [0.15, 0.2) is 41.6 Å². The van der Waals surface area contributed by atoms with Crippen molar-refractivity contribution in [1.29, 1.82) is 0 Å². The summed E-state index contributed by atoms with van der Waals surface area (Å²) in [5, 5.41) is 11.5. The number of carbonyl (C=O) groups is 1. The van der Waals surface area contributed by atoms with Crippen LogP contribution in [0.1, 0.15) is 39.2 Å². The van der Waals surface area contributed by atoms with Crippen molar-refractivity contribution in [3.8, 4) is 35.4 Å². The number of phenols is 1. The van der Waals surface area contributed by atoms with Crippen molar-refractivity contribution >= 4 is 33.4 Å². The lowest BCUT2D eigenvalue weighted by Crippen LogP contribution is -2.56. The van der Waals surface area contributed by atoms with E-state index in [0.717, 1.165) is 24.0 Å². The van der Waals surface area contributed by atoms with Gasteiger partial charge in [-0.3, -0.25) is 9.78 Å². The molecule has 6 rings (SSSR count). The summed E-state index contributed by atoms with van der Waals surface area (Å²) >= 11 is 0. The van der Waals surface area contributed by atoms with Crippen LogP contribution in [-0.4, -0.2) is 63.1 Å². The van der Waals surface area contributed by atoms with E-state index in [1.54, 1.807) is 0 Å². The van der Waals surface area contributed by atoms with Crippen LogP contribution >= 0.6 is 0 Å². The number of fused-ring (bicyclic) bond motifs is 4. The third-order valence-electron chi connectivity index (χ3n) is 8.36. The summed E-state index contributed by atoms with van der Waals surface area (Å²) in [5.74, 6) is 1.26. The van der Waals surface area contributed by atoms with Gasteiger partial charge in [0.25, 0.3) is 0 Å². The maximum Gasteiger partial charge on any atom is 0.318 e. The minimum absolute atomic E-state index is 0.0191. The Kier molecular flexibility index (Phi) is 6.68. The second-order valence-corrected chi connectivity index (χ2v) is 11.0. The smallest absolute Gasteiger partial charge is 0.318 e. The van der Waals surface area contributed by atoms with E-state index < -0.39 is 11.6 Å². The predicted molar refractivity (Wildman–Crippen MR) is 156 cm³/mol. The van der Waals surface area contributed by atoms with Gasteiger partial charge in [-0.1, -0.05) is 17.6 Å². The van der Waals surface area contributed by atoms with E-state index in [2.05, 4.69) is 20.9 Å². The Labute approximate surface area is 241 Å². The van der Waals surface area contributed by atoms with Gasteiger partial charge in [-0.05, 0) is 57.2 Å². The highest BCUT2D eigenvalue weighted by atomic mass is 19.1. The summed E-state index contributed by atoms with van der Waals surface area (Å²) in [5.41, 5.74) is 1.63. The van der Waals surface area contributed by atoms with Gasteiger partial charge in [0.2, 0.25) is 5.91 Å². The summed E-state index contributed by atoms with van der Waals surface area (Å²) in [4.78, 5) is 30.6. The molecule has 0 radical (unpaired) electrons. The van der Waals surface area contributed by atoms with E-state index >= 15 is 4.39 Å². The standard InChI is InChI=1S/C32H29F2N5O3/c1-6-22-25(33)10-7-18-11-21(40)12-23(26(18)22)28-27(34)29-24(13-35-28)30(37-32(36-29)42-5)38-14-19-8-9-20(15-38)39(19)31(41)17(4)16(2)3/h1,7,10-13,19-20,40H,8-9,14-15H2,2-5H3. The van der Waals surface area contributed by atoms with Crippen molar-refractivity contribution in [2.45, 2.75) is 45.7 Å². The zero-order valence-corrected chi connectivity index (χ0v) is 23.7. The number of pyridine rings is 1. The van der Waals surface area contributed by atoms with Gasteiger partial charge < -0.3 is 19.6 Å². The summed E-state index contributed by atoms with van der Waals surface area (Å²) < 4.78 is 36.4. The number of nitrogens with zero attached hydrogens (tertiary/aromatic N) is 5. The first kappa shape index (κ1) is 27.4. The molecule has 42 heavy (non-hydrogen) atoms. The maximum atomic E-state index is 16.4. The van der Waals surface area contributed by atoms with Gasteiger partial charge in [0, 0.05) is 35.8 Å². The molecule has 2 aromatic carbocycles. The highest BCUT2D eigenvalue weighted by Gasteiger charge is 2.43. The highest BCUT2D eigenvalue weighted by molar-refractivity contribution is 6.03. The van der Waals surface area contributed by atoms with Crippen molar-refractivity contribution < 1.29 is 23.4 Å². The monoisotopic (exact) mass is 569 g/mol. The molecule has 2 atom stereocenters. The molecule has 2 fully saturated rings. The molecule has 214 valence electrons. The first-order valence-corrected chi connectivity index (χ1v) is 13.7. The number of terminal acetylenes is 1. The largest absolute Gasteiger partial charge is 0.508 e. The number of allylic oxidation sites excluding steroid dienone is 1. The minimum atomic E-state index is -0.787. The number of halogens is 2. The van der Waals surface area contributed by atoms with E-state index in [1.807, 2.05) is 30.6 Å². The molecule has 2 aliphatic rings. The number of hydrogen-bond donors (Lipinski definition) is 1. The number of carbonyl (C=O) groups excluding carboxylic acids is 1. The lowest BCUT2D eigenvalue weighted by atomic mass is 9.96. The summed E-state index contributed by atoms with van der Waals surface area (Å²) in [6.07, 6.45) is 8.81. The van der Waals surface area contributed by atoms with Crippen LogP contribution in [0.3, 0.4) is 0 Å². The number of piperazine rings is 1. The molecule has 2 bridgehead atoms. The summed E-state index contributed by atoms with van der Waals surface area (Å²) in [6.45, 7) is 6.75. The molecular formula is C32H29F2N5O3. The Morgan fingerprint density at radius 3 is 2.48 bits per heavy atom. The molecule has 4 aromatic rings. The Morgan fingerprint density at radius 1 is 1.12 bits per heavy atom. The van der Waals surface area contributed by atoms with Gasteiger partial charge in [0.05, 0.1) is 30.1 Å². The van der Waals surface area contributed by atoms with Crippen LogP contribution in [0.2, 0.25) is 0 Å². The number of hydrogen-bond acceptors (Lipinski definition) is 7. The summed E-state index contributed by atoms with van der Waals surface area (Å²) in [6, 6.07) is 5.34. The molecule has 1 amide bonds. The van der Waals surface area contributed by atoms with Crippen molar-refractivity contribution in [2.24, 2.45) is 0 Å². The fraction of sp³-hybridized carbons (Fsp3) is 0.312. The number of amides is 1. The van der Waals surface area contributed by atoms with Crippen LogP contribution < -0.4 is 9.64 Å². The van der Waals surface area contributed by atoms with E-state index in [-0.39, 0.29) is 57.5 Å². The number of anilines is 1. The molecule has 2 aromatic heterocycles. The fourth-order valence-electron chi connectivity index (χ4n) is 6.11. The molecule has 2 unspecified atom stereocenters. The molecule has 0 saturated carbocycles. The van der Waals surface area contributed by atoms with Crippen molar-refractivity contribution in [3.05, 3.63) is 58.8 Å². The van der Waals surface area contributed by atoms with E-state index in [4.69, 9.17) is 11.2 Å². The molecule has 4 heterocycles. The first-order chi connectivity index (χ1) is 20.1. The Balaban J connectivity index is 1.48. The van der Waals surface area contributed by atoms with E-state index in [9.17, 15) is 14.3 Å². The zero-order valence-electron chi connectivity index (χ0n) is 23.7. The number of phenolic OH excluding ortho intramolecular Hbond substituents is 1. The number of rotatable bonds is 4. The third-order valence-corrected chi connectivity index (χ3v) is 8.36. The number of aromatic hydroxyl groups is 1. The molecule has 1 N–H and O–H groups in total. The predicted octanol–water partition coefficient (Wildman–Crippen LogP) is 5.35. The number of methoxy groups -OCH3 is 1. The second-order valence-electron chi connectivity index (χ2n) is 11.0. The molecular weight excluding hydrogens is 540 g/mol. The second kappa shape index (κ2) is 10.2. The Bertz CT molecular complexity index is 1850. The molecule has 0 spiro atoms. The molecule has 8 nitrogen and oxygen atoms in total. The van der Waals surface area contributed by atoms with Gasteiger partial charge >= 0.3 is 6.01 Å². The van der Waals surface area contributed by atoms with Crippen molar-refractivity contribution in [3.63, 3.8) is 0 Å². The first-order valence-electron chi connectivity index (χ1n) is 13.7. The van der Waals surface area contributed by atoms with Crippen LogP contribution in [0.4, 0.5) is 14.6 Å². The molecule has 10 heteroatoms. The number of ether oxygens (including phenoxy) is 1. The van der Waals surface area contributed by atoms with E-state index in [0.29, 0.717) is 29.7 Å². The molecule has 2 aliphatic heterocycles. The van der Waals surface area contributed by atoms with Gasteiger partial charge in [-0.2, -0.15) is 9.97 Å².